The van der Waals surface area contributed by atoms with E-state index in [-0.39, 0.29) is 0 Å². The fourth-order valence-corrected chi connectivity index (χ4v) is 3.12. The van der Waals surface area contributed by atoms with Crippen molar-refractivity contribution in [2.45, 2.75) is 78.1 Å². The van der Waals surface area contributed by atoms with Crippen LogP contribution in [-0.2, 0) is 12.8 Å². The molecule has 3 nitrogen and oxygen atoms in total. The maximum absolute atomic E-state index is 9.17. The first-order chi connectivity index (χ1) is 10.7. The van der Waals surface area contributed by atoms with Crippen LogP contribution in [0.15, 0.2) is 18.2 Å². The summed E-state index contributed by atoms with van der Waals surface area (Å²) in [5.41, 5.74) is 2.48. The van der Waals surface area contributed by atoms with Crippen LogP contribution in [0.2, 0.25) is 0 Å². The largest absolute Gasteiger partial charge is 0.427 e. The van der Waals surface area contributed by atoms with Crippen molar-refractivity contribution in [3.63, 3.8) is 0 Å². The number of hydrogen-bond acceptors (Lipinski definition) is 3. The highest BCUT2D eigenvalue weighted by atomic mass is 31.2. The minimum absolute atomic E-state index is 0.653. The second-order valence-corrected chi connectivity index (χ2v) is 6.55. The van der Waals surface area contributed by atoms with Gasteiger partial charge in [0, 0.05) is 0 Å². The van der Waals surface area contributed by atoms with E-state index in [1.165, 1.54) is 56.1 Å². The van der Waals surface area contributed by atoms with Gasteiger partial charge in [-0.1, -0.05) is 64.5 Å². The summed E-state index contributed by atoms with van der Waals surface area (Å²) >= 11 is 0. The molecule has 1 aromatic carbocycles. The Morgan fingerprint density at radius 2 is 1.50 bits per heavy atom. The summed E-state index contributed by atoms with van der Waals surface area (Å²) in [6, 6.07) is 5.97. The van der Waals surface area contributed by atoms with Crippen molar-refractivity contribution in [3.05, 3.63) is 29.3 Å². The molecule has 1 aromatic rings. The van der Waals surface area contributed by atoms with E-state index in [9.17, 15) is 9.79 Å². The lowest BCUT2D eigenvalue weighted by atomic mass is 9.96. The summed E-state index contributed by atoms with van der Waals surface area (Å²) in [6.07, 6.45) is 11.8. The second-order valence-electron chi connectivity index (χ2n) is 5.86. The van der Waals surface area contributed by atoms with E-state index >= 15 is 0 Å². The fourth-order valence-electron chi connectivity index (χ4n) is 2.77. The minimum atomic E-state index is -2.35. The summed E-state index contributed by atoms with van der Waals surface area (Å²) in [7, 11) is -2.35. The van der Waals surface area contributed by atoms with Gasteiger partial charge in [0.05, 0.1) is 0 Å². The molecule has 0 fully saturated rings. The van der Waals surface area contributed by atoms with Crippen molar-refractivity contribution in [2.75, 3.05) is 0 Å². The number of hydrogen-bond donors (Lipinski definition) is 2. The zero-order valence-electron chi connectivity index (χ0n) is 14.1. The Labute approximate surface area is 136 Å². The van der Waals surface area contributed by atoms with Crippen molar-refractivity contribution >= 4 is 8.60 Å². The summed E-state index contributed by atoms with van der Waals surface area (Å²) in [4.78, 5) is 18.3. The Morgan fingerprint density at radius 1 is 0.864 bits per heavy atom. The van der Waals surface area contributed by atoms with Crippen LogP contribution in [0.4, 0.5) is 0 Å². The lowest BCUT2D eigenvalue weighted by molar-refractivity contribution is 0.373. The van der Waals surface area contributed by atoms with Crippen molar-refractivity contribution < 1.29 is 14.3 Å². The molecule has 4 heteroatoms. The van der Waals surface area contributed by atoms with Gasteiger partial charge in [-0.15, -0.1) is 0 Å². The smallest absolute Gasteiger partial charge is 0.391 e. The van der Waals surface area contributed by atoms with E-state index in [2.05, 4.69) is 19.9 Å². The Balaban J connectivity index is 2.73. The monoisotopic (exact) mass is 326 g/mol. The maximum Gasteiger partial charge on any atom is 0.391 e. The first-order valence-corrected chi connectivity index (χ1v) is 9.82. The summed E-state index contributed by atoms with van der Waals surface area (Å²) in [6.45, 7) is 4.43. The molecule has 0 aromatic heterocycles. The van der Waals surface area contributed by atoms with Crippen LogP contribution in [0.3, 0.4) is 0 Å². The molecule has 0 aliphatic carbocycles. The highest BCUT2D eigenvalue weighted by Gasteiger charge is 2.12. The molecular formula is C18H31O3P. The van der Waals surface area contributed by atoms with Gasteiger partial charge in [-0.05, 0) is 42.9 Å². The summed E-state index contributed by atoms with van der Waals surface area (Å²) in [5, 5.41) is 0. The lowest BCUT2D eigenvalue weighted by Gasteiger charge is -2.15. The molecule has 22 heavy (non-hydrogen) atoms. The van der Waals surface area contributed by atoms with Gasteiger partial charge in [0.2, 0.25) is 0 Å². The van der Waals surface area contributed by atoms with Gasteiger partial charge in [0.15, 0.2) is 0 Å². The Hall–Kier alpha value is -0.630. The number of benzene rings is 1. The molecule has 0 aliphatic rings. The fraction of sp³-hybridized carbons (Fsp3) is 0.667. The number of rotatable bonds is 12. The van der Waals surface area contributed by atoms with Crippen molar-refractivity contribution in [1.29, 1.82) is 0 Å². The van der Waals surface area contributed by atoms with Crippen LogP contribution in [0.5, 0.6) is 5.75 Å². The van der Waals surface area contributed by atoms with E-state index in [0.717, 1.165) is 19.3 Å². The van der Waals surface area contributed by atoms with Gasteiger partial charge in [0.25, 0.3) is 0 Å². The SMILES string of the molecule is CCCCCCc1cccc(OP(O)O)c1CCCCCC. The Kier molecular flexibility index (Phi) is 10.5. The summed E-state index contributed by atoms with van der Waals surface area (Å²) < 4.78 is 5.25. The van der Waals surface area contributed by atoms with Crippen molar-refractivity contribution in [1.82, 2.24) is 0 Å². The molecule has 0 spiro atoms. The van der Waals surface area contributed by atoms with Gasteiger partial charge in [-0.3, -0.25) is 0 Å². The molecule has 0 saturated carbocycles. The van der Waals surface area contributed by atoms with E-state index < -0.39 is 8.60 Å². The third-order valence-electron chi connectivity index (χ3n) is 3.99. The second kappa shape index (κ2) is 11.9. The predicted octanol–water partition coefficient (Wildman–Crippen LogP) is 5.52. The van der Waals surface area contributed by atoms with Gasteiger partial charge in [0.1, 0.15) is 5.75 Å². The van der Waals surface area contributed by atoms with Crippen LogP contribution in [-0.4, -0.2) is 9.79 Å². The van der Waals surface area contributed by atoms with Crippen LogP contribution in [0.1, 0.15) is 76.3 Å². The number of aryl methyl sites for hydroxylation is 1. The molecule has 0 bridgehead atoms. The first kappa shape index (κ1) is 19.4. The van der Waals surface area contributed by atoms with Crippen LogP contribution < -0.4 is 4.52 Å². The third-order valence-corrected chi connectivity index (χ3v) is 4.35. The molecule has 126 valence electrons. The molecule has 0 amide bonds. The number of unbranched alkanes of at least 4 members (excludes halogenated alkanes) is 6. The topological polar surface area (TPSA) is 49.7 Å². The van der Waals surface area contributed by atoms with Gasteiger partial charge in [-0.2, -0.15) is 0 Å². The molecule has 1 rings (SSSR count). The van der Waals surface area contributed by atoms with Gasteiger partial charge < -0.3 is 14.3 Å². The third kappa shape index (κ3) is 7.58. The van der Waals surface area contributed by atoms with Crippen molar-refractivity contribution in [3.8, 4) is 5.75 Å². The zero-order valence-corrected chi connectivity index (χ0v) is 14.9. The standard InChI is InChI=1S/C18H31O3P/c1-3-5-7-9-12-16-13-11-15-18(21-22(19)20)17(16)14-10-8-6-4-2/h11,13,15,19-20H,3-10,12,14H2,1-2H3. The molecule has 0 saturated heterocycles. The molecule has 0 aliphatic heterocycles. The van der Waals surface area contributed by atoms with Gasteiger partial charge in [-0.25, -0.2) is 0 Å². The van der Waals surface area contributed by atoms with E-state index in [4.69, 9.17) is 4.52 Å². The minimum Gasteiger partial charge on any atom is -0.427 e. The zero-order chi connectivity index (χ0) is 16.2. The molecule has 0 unspecified atom stereocenters. The lowest BCUT2D eigenvalue weighted by Crippen LogP contribution is -2.00. The molecule has 0 heterocycles. The Bertz CT molecular complexity index is 407. The van der Waals surface area contributed by atoms with Crippen LogP contribution in [0, 0.1) is 0 Å². The Morgan fingerprint density at radius 3 is 2.09 bits per heavy atom. The van der Waals surface area contributed by atoms with Crippen LogP contribution >= 0.6 is 8.60 Å². The maximum atomic E-state index is 9.17. The normalized spacial score (nSPS) is 11.1. The van der Waals surface area contributed by atoms with E-state index in [1.54, 1.807) is 0 Å². The highest BCUT2D eigenvalue weighted by molar-refractivity contribution is 7.39. The predicted molar refractivity (Wildman–Crippen MR) is 94.1 cm³/mol. The molecular weight excluding hydrogens is 295 g/mol. The molecule has 0 radical (unpaired) electrons. The quantitative estimate of drug-likeness (QED) is 0.392. The molecule has 2 N–H and O–H groups in total. The summed E-state index contributed by atoms with van der Waals surface area (Å²) in [5.74, 6) is 0.653. The average Bonchev–Trinajstić information content (AvgIpc) is 2.49. The highest BCUT2D eigenvalue weighted by Crippen LogP contribution is 2.34. The first-order valence-electron chi connectivity index (χ1n) is 8.65. The van der Waals surface area contributed by atoms with E-state index in [0.29, 0.717) is 5.75 Å². The van der Waals surface area contributed by atoms with Gasteiger partial charge >= 0.3 is 8.60 Å². The molecule has 0 atom stereocenters. The average molecular weight is 326 g/mol. The van der Waals surface area contributed by atoms with Crippen LogP contribution in [0.25, 0.3) is 0 Å². The van der Waals surface area contributed by atoms with E-state index in [1.807, 2.05) is 12.1 Å². The van der Waals surface area contributed by atoms with Crippen molar-refractivity contribution in [2.24, 2.45) is 0 Å².